The van der Waals surface area contributed by atoms with Gasteiger partial charge in [-0.2, -0.15) is 0 Å². The molecule has 0 aliphatic rings. The third-order valence-electron chi connectivity index (χ3n) is 6.20. The Bertz CT molecular complexity index is 1520. The van der Waals surface area contributed by atoms with E-state index >= 15 is 0 Å². The Hall–Kier alpha value is -3.44. The van der Waals surface area contributed by atoms with Crippen LogP contribution in [0, 0.1) is 0 Å². The molecule has 0 aliphatic heterocycles. The molecular formula is C27H29ClN4O5S. The van der Waals surface area contributed by atoms with E-state index in [0.29, 0.717) is 36.2 Å². The predicted octanol–water partition coefficient (Wildman–Crippen LogP) is 4.52. The van der Waals surface area contributed by atoms with Crippen molar-refractivity contribution in [1.29, 1.82) is 0 Å². The van der Waals surface area contributed by atoms with Crippen molar-refractivity contribution in [3.8, 4) is 5.75 Å². The maximum Gasteiger partial charge on any atom is 0.298 e. The van der Waals surface area contributed by atoms with Crippen LogP contribution < -0.4 is 14.8 Å². The van der Waals surface area contributed by atoms with E-state index in [1.807, 2.05) is 18.4 Å². The molecule has 0 spiro atoms. The summed E-state index contributed by atoms with van der Waals surface area (Å²) in [6, 6.07) is 18.3. The number of anilines is 1. The first-order valence-electron chi connectivity index (χ1n) is 11.9. The lowest BCUT2D eigenvalue weighted by atomic mass is 9.99. The molecule has 3 aromatic carbocycles. The molecule has 3 N–H and O–H groups in total. The van der Waals surface area contributed by atoms with Crippen LogP contribution in [0.15, 0.2) is 78.0 Å². The molecule has 11 heteroatoms. The van der Waals surface area contributed by atoms with Crippen molar-refractivity contribution in [3.05, 3.63) is 83.6 Å². The predicted molar refractivity (Wildman–Crippen MR) is 147 cm³/mol. The van der Waals surface area contributed by atoms with Gasteiger partial charge in [-0.15, -0.1) is 0 Å². The lowest BCUT2D eigenvalue weighted by molar-refractivity contribution is -0.120. The van der Waals surface area contributed by atoms with Gasteiger partial charge in [0.05, 0.1) is 22.8 Å². The molecular weight excluding hydrogens is 528 g/mol. The van der Waals surface area contributed by atoms with E-state index in [-0.39, 0.29) is 27.8 Å². The quantitative estimate of drug-likeness (QED) is 0.219. The number of aryl methyl sites for hydroxylation is 1. The fourth-order valence-electron chi connectivity index (χ4n) is 4.00. The highest BCUT2D eigenvalue weighted by Gasteiger charge is 2.21. The zero-order valence-corrected chi connectivity index (χ0v) is 22.5. The van der Waals surface area contributed by atoms with Gasteiger partial charge in [0.1, 0.15) is 10.5 Å². The number of nitrogens with one attached hydrogen (secondary N) is 2. The van der Waals surface area contributed by atoms with Crippen molar-refractivity contribution in [2.24, 2.45) is 0 Å². The standard InChI is InChI=1S/C27H29ClN4O5S/c1-27(2,13-14-32-17-29-26-22(32)11-12-24(25(26)28)37-18-33)30-16-23(34)19-7-6-8-20(15-19)31-38(35,36)21-9-4-3-5-10-21/h3-12,15,17-18,23,30-31,34H,13-14,16H2,1-2H3. The smallest absolute Gasteiger partial charge is 0.298 e. The number of rotatable bonds is 12. The van der Waals surface area contributed by atoms with Gasteiger partial charge in [0.15, 0.2) is 5.75 Å². The average molecular weight is 557 g/mol. The summed E-state index contributed by atoms with van der Waals surface area (Å²) in [4.78, 5) is 15.2. The Morgan fingerprint density at radius 2 is 1.89 bits per heavy atom. The Morgan fingerprint density at radius 3 is 2.63 bits per heavy atom. The van der Waals surface area contributed by atoms with Crippen LogP contribution in [-0.2, 0) is 21.4 Å². The number of hydrogen-bond donors (Lipinski definition) is 3. The fourth-order valence-corrected chi connectivity index (χ4v) is 5.33. The zero-order chi connectivity index (χ0) is 27.3. The van der Waals surface area contributed by atoms with E-state index in [0.717, 1.165) is 5.52 Å². The Kier molecular flexibility index (Phi) is 8.37. The number of carbonyl (C=O) groups is 1. The first-order valence-corrected chi connectivity index (χ1v) is 13.8. The number of nitrogens with zero attached hydrogens (tertiary/aromatic N) is 2. The average Bonchev–Trinajstić information content (AvgIpc) is 3.32. The number of β-amino-alcohol motifs (C(OH)–C–C–N with tert-alkyl or cyclic N) is 1. The molecule has 1 aromatic heterocycles. The number of aliphatic hydroxyl groups excluding tert-OH is 1. The van der Waals surface area contributed by atoms with Crippen LogP contribution in [0.1, 0.15) is 31.9 Å². The summed E-state index contributed by atoms with van der Waals surface area (Å²) >= 11 is 6.31. The Morgan fingerprint density at radius 1 is 1.13 bits per heavy atom. The van der Waals surface area contributed by atoms with Gasteiger partial charge in [-0.05, 0) is 62.2 Å². The number of aliphatic hydroxyl groups is 1. The summed E-state index contributed by atoms with van der Waals surface area (Å²) < 4.78 is 34.7. The first kappa shape index (κ1) is 27.6. The lowest BCUT2D eigenvalue weighted by Crippen LogP contribution is -2.42. The molecule has 1 heterocycles. The Labute approximate surface area is 226 Å². The van der Waals surface area contributed by atoms with Gasteiger partial charge < -0.3 is 19.7 Å². The minimum atomic E-state index is -3.73. The number of sulfonamides is 1. The van der Waals surface area contributed by atoms with Crippen LogP contribution >= 0.6 is 11.6 Å². The van der Waals surface area contributed by atoms with Crippen LogP contribution in [0.2, 0.25) is 5.02 Å². The number of fused-ring (bicyclic) bond motifs is 1. The summed E-state index contributed by atoms with van der Waals surface area (Å²) in [6.07, 6.45) is 1.56. The van der Waals surface area contributed by atoms with Crippen LogP contribution in [0.25, 0.3) is 11.0 Å². The first-order chi connectivity index (χ1) is 18.1. The molecule has 0 amide bonds. The van der Waals surface area contributed by atoms with Crippen molar-refractivity contribution >= 4 is 44.8 Å². The maximum atomic E-state index is 12.6. The number of halogens is 1. The topological polar surface area (TPSA) is 123 Å². The molecule has 9 nitrogen and oxygen atoms in total. The number of carbonyl (C=O) groups excluding carboxylic acids is 1. The van der Waals surface area contributed by atoms with E-state index in [1.54, 1.807) is 60.9 Å². The van der Waals surface area contributed by atoms with Crippen LogP contribution in [0.4, 0.5) is 5.69 Å². The van der Waals surface area contributed by atoms with Crippen molar-refractivity contribution in [1.82, 2.24) is 14.9 Å². The van der Waals surface area contributed by atoms with Crippen molar-refractivity contribution in [2.75, 3.05) is 11.3 Å². The third kappa shape index (κ3) is 6.51. The van der Waals surface area contributed by atoms with Gasteiger partial charge >= 0.3 is 0 Å². The zero-order valence-electron chi connectivity index (χ0n) is 21.0. The van der Waals surface area contributed by atoms with Crippen molar-refractivity contribution in [3.63, 3.8) is 0 Å². The minimum absolute atomic E-state index is 0.164. The SMILES string of the molecule is CC(C)(CCn1cnc2c(Cl)c(OC=O)ccc21)NCC(O)c1cccc(NS(=O)(=O)c2ccccc2)c1. The normalized spacial score (nSPS) is 12.8. The second-order valence-corrected chi connectivity index (χ2v) is 11.5. The van der Waals surface area contributed by atoms with Gasteiger partial charge in [0.25, 0.3) is 16.5 Å². The molecule has 4 rings (SSSR count). The monoisotopic (exact) mass is 556 g/mol. The summed E-state index contributed by atoms with van der Waals surface area (Å²) in [6.45, 7) is 5.29. The molecule has 0 fully saturated rings. The molecule has 38 heavy (non-hydrogen) atoms. The number of hydrogen-bond acceptors (Lipinski definition) is 7. The Balaban J connectivity index is 1.36. The summed E-state index contributed by atoms with van der Waals surface area (Å²) in [7, 11) is -3.73. The van der Waals surface area contributed by atoms with Crippen molar-refractivity contribution in [2.45, 2.75) is 43.4 Å². The van der Waals surface area contributed by atoms with E-state index in [9.17, 15) is 18.3 Å². The number of aromatic nitrogens is 2. The van der Waals surface area contributed by atoms with Gasteiger partial charge in [-0.3, -0.25) is 9.52 Å². The van der Waals surface area contributed by atoms with E-state index in [4.69, 9.17) is 16.3 Å². The van der Waals surface area contributed by atoms with E-state index in [1.165, 1.54) is 12.1 Å². The van der Waals surface area contributed by atoms with Gasteiger partial charge in [-0.1, -0.05) is 41.9 Å². The van der Waals surface area contributed by atoms with E-state index in [2.05, 4.69) is 15.0 Å². The van der Waals surface area contributed by atoms with Crippen LogP contribution in [0.3, 0.4) is 0 Å². The molecule has 1 unspecified atom stereocenters. The van der Waals surface area contributed by atoms with E-state index < -0.39 is 16.1 Å². The molecule has 0 aliphatic carbocycles. The highest BCUT2D eigenvalue weighted by molar-refractivity contribution is 7.92. The fraction of sp³-hybridized carbons (Fsp3) is 0.259. The third-order valence-corrected chi connectivity index (χ3v) is 7.96. The molecule has 0 saturated heterocycles. The van der Waals surface area contributed by atoms with Gasteiger partial charge in [-0.25, -0.2) is 13.4 Å². The molecule has 1 atom stereocenters. The minimum Gasteiger partial charge on any atom is -0.427 e. The maximum absolute atomic E-state index is 12.6. The summed E-state index contributed by atoms with van der Waals surface area (Å²) in [5.74, 6) is 0.257. The molecule has 4 aromatic rings. The number of imidazole rings is 1. The molecule has 0 bridgehead atoms. The number of benzene rings is 3. The highest BCUT2D eigenvalue weighted by atomic mass is 35.5. The largest absolute Gasteiger partial charge is 0.427 e. The van der Waals surface area contributed by atoms with Crippen molar-refractivity contribution < 1.29 is 23.1 Å². The van der Waals surface area contributed by atoms with Crippen LogP contribution in [0.5, 0.6) is 5.75 Å². The second kappa shape index (κ2) is 11.5. The highest BCUT2D eigenvalue weighted by Crippen LogP contribution is 2.32. The van der Waals surface area contributed by atoms with Crippen LogP contribution in [-0.4, -0.2) is 41.6 Å². The van der Waals surface area contributed by atoms with Gasteiger partial charge in [0, 0.05) is 24.3 Å². The molecule has 0 radical (unpaired) electrons. The summed E-state index contributed by atoms with van der Waals surface area (Å²) in [5.41, 5.74) is 1.99. The summed E-state index contributed by atoms with van der Waals surface area (Å²) in [5, 5.41) is 14.5. The molecule has 0 saturated carbocycles. The van der Waals surface area contributed by atoms with Gasteiger partial charge in [0.2, 0.25) is 0 Å². The second-order valence-electron chi connectivity index (χ2n) is 9.47. The number of ether oxygens (including phenoxy) is 1. The lowest BCUT2D eigenvalue weighted by Gasteiger charge is -2.28. The molecule has 200 valence electrons.